The number of carbonyl (C=O) groups is 1. The van der Waals surface area contributed by atoms with E-state index in [0.717, 1.165) is 19.6 Å². The topological polar surface area (TPSA) is 45.5 Å². The van der Waals surface area contributed by atoms with Crippen molar-refractivity contribution in [2.75, 3.05) is 26.2 Å². The van der Waals surface area contributed by atoms with Gasteiger partial charge in [-0.2, -0.15) is 0 Å². The van der Waals surface area contributed by atoms with Crippen LogP contribution in [0.2, 0.25) is 0 Å². The summed E-state index contributed by atoms with van der Waals surface area (Å²) in [6.45, 7) is 8.59. The van der Waals surface area contributed by atoms with Crippen LogP contribution in [0.1, 0.15) is 30.9 Å². The molecule has 1 fully saturated rings. The Morgan fingerprint density at radius 1 is 1.00 bits per heavy atom. The molecule has 26 heavy (non-hydrogen) atoms. The van der Waals surface area contributed by atoms with Crippen LogP contribution in [-0.2, 0) is 17.9 Å². The minimum Gasteiger partial charge on any atom is -0.339 e. The Kier molecular flexibility index (Phi) is 5.89. The number of amides is 1. The lowest BCUT2D eigenvalue weighted by molar-refractivity contribution is -0.133. The molecular formula is C21H27N3O2. The van der Waals surface area contributed by atoms with Gasteiger partial charge in [-0.25, -0.2) is 0 Å². The third-order valence-electron chi connectivity index (χ3n) is 4.98. The molecule has 0 saturated carbocycles. The van der Waals surface area contributed by atoms with Crippen LogP contribution in [0.5, 0.6) is 0 Å². The molecule has 1 saturated heterocycles. The minimum atomic E-state index is -0.135. The summed E-state index contributed by atoms with van der Waals surface area (Å²) in [7, 11) is 0. The average Bonchev–Trinajstić information content (AvgIpc) is 2.64. The van der Waals surface area contributed by atoms with Gasteiger partial charge in [0.05, 0.1) is 0 Å². The second-order valence-corrected chi connectivity index (χ2v) is 7.22. The van der Waals surface area contributed by atoms with Gasteiger partial charge in [-0.15, -0.1) is 0 Å². The van der Waals surface area contributed by atoms with Gasteiger partial charge < -0.3 is 9.47 Å². The third kappa shape index (κ3) is 4.61. The van der Waals surface area contributed by atoms with Gasteiger partial charge in [0.25, 0.3) is 5.56 Å². The molecule has 0 N–H and O–H groups in total. The monoisotopic (exact) mass is 353 g/mol. The SMILES string of the molecule is CC(C)c1ccc(CN2CCN(C(=O)Cn3ccccc3=O)CC2)cc1. The fourth-order valence-corrected chi connectivity index (χ4v) is 3.26. The van der Waals surface area contributed by atoms with Gasteiger partial charge in [0.1, 0.15) is 6.54 Å². The van der Waals surface area contributed by atoms with E-state index in [1.165, 1.54) is 21.8 Å². The van der Waals surface area contributed by atoms with E-state index in [1.807, 2.05) is 4.90 Å². The first kappa shape index (κ1) is 18.4. The minimum absolute atomic E-state index is 0.0132. The summed E-state index contributed by atoms with van der Waals surface area (Å²) >= 11 is 0. The molecule has 0 spiro atoms. The van der Waals surface area contributed by atoms with E-state index in [2.05, 4.69) is 43.0 Å². The molecule has 1 aliphatic heterocycles. The van der Waals surface area contributed by atoms with Crippen LogP contribution in [0.3, 0.4) is 0 Å². The molecule has 1 aromatic heterocycles. The number of pyridine rings is 1. The number of carbonyl (C=O) groups excluding carboxylic acids is 1. The number of benzene rings is 1. The standard InChI is InChI=1S/C21H27N3O2/c1-17(2)19-8-6-18(7-9-19)15-22-11-13-23(14-12-22)21(26)16-24-10-4-3-5-20(24)25/h3-10,17H,11-16H2,1-2H3. The molecular weight excluding hydrogens is 326 g/mol. The molecule has 1 aliphatic rings. The number of piperazine rings is 1. The predicted octanol–water partition coefficient (Wildman–Crippen LogP) is 2.32. The van der Waals surface area contributed by atoms with Crippen molar-refractivity contribution in [2.24, 2.45) is 0 Å². The number of aromatic nitrogens is 1. The summed E-state index contributed by atoms with van der Waals surface area (Å²) in [5, 5.41) is 0. The van der Waals surface area contributed by atoms with Crippen molar-refractivity contribution in [3.8, 4) is 0 Å². The van der Waals surface area contributed by atoms with Gasteiger partial charge in [0.15, 0.2) is 0 Å². The highest BCUT2D eigenvalue weighted by Gasteiger charge is 2.21. The molecule has 5 nitrogen and oxygen atoms in total. The maximum atomic E-state index is 12.4. The largest absolute Gasteiger partial charge is 0.339 e. The van der Waals surface area contributed by atoms with Gasteiger partial charge >= 0.3 is 0 Å². The molecule has 0 aliphatic carbocycles. The fourth-order valence-electron chi connectivity index (χ4n) is 3.26. The van der Waals surface area contributed by atoms with Gasteiger partial charge in [0, 0.05) is 45.0 Å². The first-order chi connectivity index (χ1) is 12.5. The smallest absolute Gasteiger partial charge is 0.250 e. The second-order valence-electron chi connectivity index (χ2n) is 7.22. The van der Waals surface area contributed by atoms with Gasteiger partial charge in [-0.3, -0.25) is 14.5 Å². The Bertz CT molecular complexity index is 787. The molecule has 0 radical (unpaired) electrons. The fraction of sp³-hybridized carbons (Fsp3) is 0.429. The van der Waals surface area contributed by atoms with Crippen LogP contribution in [0.15, 0.2) is 53.5 Å². The lowest BCUT2D eigenvalue weighted by Gasteiger charge is -2.35. The molecule has 0 atom stereocenters. The molecule has 1 amide bonds. The number of hydrogen-bond donors (Lipinski definition) is 0. The Balaban J connectivity index is 1.50. The van der Waals surface area contributed by atoms with Crippen molar-refractivity contribution in [3.05, 3.63) is 70.1 Å². The van der Waals surface area contributed by atoms with E-state index >= 15 is 0 Å². The lowest BCUT2D eigenvalue weighted by Crippen LogP contribution is -2.49. The summed E-state index contributed by atoms with van der Waals surface area (Å²) in [6.07, 6.45) is 1.66. The summed E-state index contributed by atoms with van der Waals surface area (Å²) in [5.74, 6) is 0.565. The van der Waals surface area contributed by atoms with Crippen LogP contribution in [0.4, 0.5) is 0 Å². The van der Waals surface area contributed by atoms with E-state index in [0.29, 0.717) is 19.0 Å². The van der Waals surface area contributed by atoms with Crippen molar-refractivity contribution in [1.82, 2.24) is 14.4 Å². The molecule has 2 heterocycles. The second kappa shape index (κ2) is 8.32. The van der Waals surface area contributed by atoms with Crippen LogP contribution in [0, 0.1) is 0 Å². The molecule has 1 aromatic carbocycles. The predicted molar refractivity (Wildman–Crippen MR) is 103 cm³/mol. The molecule has 138 valence electrons. The van der Waals surface area contributed by atoms with E-state index in [9.17, 15) is 9.59 Å². The highest BCUT2D eigenvalue weighted by molar-refractivity contribution is 5.76. The van der Waals surface area contributed by atoms with Crippen LogP contribution in [-0.4, -0.2) is 46.5 Å². The van der Waals surface area contributed by atoms with Crippen molar-refractivity contribution >= 4 is 5.91 Å². The number of hydrogen-bond acceptors (Lipinski definition) is 3. The van der Waals surface area contributed by atoms with E-state index in [4.69, 9.17) is 0 Å². The normalized spacial score (nSPS) is 15.4. The highest BCUT2D eigenvalue weighted by atomic mass is 16.2. The first-order valence-electron chi connectivity index (χ1n) is 9.27. The molecule has 0 bridgehead atoms. The summed E-state index contributed by atoms with van der Waals surface area (Å²) in [6, 6.07) is 13.8. The lowest BCUT2D eigenvalue weighted by atomic mass is 10.0. The Labute approximate surface area is 154 Å². The Morgan fingerprint density at radius 2 is 1.69 bits per heavy atom. The van der Waals surface area contributed by atoms with Crippen molar-refractivity contribution < 1.29 is 4.79 Å². The zero-order chi connectivity index (χ0) is 18.5. The van der Waals surface area contributed by atoms with Crippen molar-refractivity contribution in [1.29, 1.82) is 0 Å². The zero-order valence-electron chi connectivity index (χ0n) is 15.6. The van der Waals surface area contributed by atoms with E-state index in [-0.39, 0.29) is 18.0 Å². The van der Waals surface area contributed by atoms with Crippen molar-refractivity contribution in [2.45, 2.75) is 32.9 Å². The van der Waals surface area contributed by atoms with E-state index in [1.54, 1.807) is 18.3 Å². The van der Waals surface area contributed by atoms with Crippen molar-refractivity contribution in [3.63, 3.8) is 0 Å². The Morgan fingerprint density at radius 3 is 2.31 bits per heavy atom. The Hall–Kier alpha value is -2.40. The maximum absolute atomic E-state index is 12.4. The highest BCUT2D eigenvalue weighted by Crippen LogP contribution is 2.16. The first-order valence-corrected chi connectivity index (χ1v) is 9.27. The third-order valence-corrected chi connectivity index (χ3v) is 4.98. The zero-order valence-corrected chi connectivity index (χ0v) is 15.6. The average molecular weight is 353 g/mol. The molecule has 5 heteroatoms. The van der Waals surface area contributed by atoms with Crippen LogP contribution < -0.4 is 5.56 Å². The molecule has 0 unspecified atom stereocenters. The van der Waals surface area contributed by atoms with Gasteiger partial charge in [-0.1, -0.05) is 44.2 Å². The maximum Gasteiger partial charge on any atom is 0.250 e. The van der Waals surface area contributed by atoms with Gasteiger partial charge in [0.2, 0.25) is 5.91 Å². The molecule has 2 aromatic rings. The number of nitrogens with zero attached hydrogens (tertiary/aromatic N) is 3. The summed E-state index contributed by atoms with van der Waals surface area (Å²) in [5.41, 5.74) is 2.54. The molecule has 3 rings (SSSR count). The van der Waals surface area contributed by atoms with Gasteiger partial charge in [-0.05, 0) is 23.1 Å². The van der Waals surface area contributed by atoms with Crippen LogP contribution in [0.25, 0.3) is 0 Å². The quantitative estimate of drug-likeness (QED) is 0.829. The summed E-state index contributed by atoms with van der Waals surface area (Å²) < 4.78 is 1.46. The summed E-state index contributed by atoms with van der Waals surface area (Å²) in [4.78, 5) is 28.4. The van der Waals surface area contributed by atoms with E-state index < -0.39 is 0 Å². The number of rotatable bonds is 5. The van der Waals surface area contributed by atoms with Crippen LogP contribution >= 0.6 is 0 Å².